The van der Waals surface area contributed by atoms with Crippen LogP contribution in [0.4, 0.5) is 0 Å². The molecule has 4 nitrogen and oxygen atoms in total. The molecule has 4 heteroatoms. The summed E-state index contributed by atoms with van der Waals surface area (Å²) in [4.78, 5) is 12.6. The molecule has 1 saturated heterocycles. The first-order valence-electron chi connectivity index (χ1n) is 7.13. The number of ketones is 1. The van der Waals surface area contributed by atoms with Gasteiger partial charge < -0.3 is 14.5 Å². The van der Waals surface area contributed by atoms with E-state index in [-0.39, 0.29) is 17.7 Å². The second-order valence-electron chi connectivity index (χ2n) is 5.22. The predicted octanol–water partition coefficient (Wildman–Crippen LogP) is 2.63. The molecule has 1 N–H and O–H groups in total. The summed E-state index contributed by atoms with van der Waals surface area (Å²) in [6, 6.07) is 9.60. The van der Waals surface area contributed by atoms with Crippen LogP contribution in [0.2, 0.25) is 0 Å². The Morgan fingerprint density at radius 2 is 2.20 bits per heavy atom. The molecule has 1 aromatic heterocycles. The van der Waals surface area contributed by atoms with Gasteiger partial charge in [0.25, 0.3) is 0 Å². The normalized spacial score (nSPS) is 22.4. The SMILES string of the molecule is CCCNC1COCC1C(=O)c1cc2ccccc2o1. The molecular formula is C16H19NO3. The Balaban J connectivity index is 1.80. The van der Waals surface area contributed by atoms with Gasteiger partial charge in [-0.15, -0.1) is 0 Å². The van der Waals surface area contributed by atoms with Gasteiger partial charge >= 0.3 is 0 Å². The Bertz CT molecular complexity index is 572. The van der Waals surface area contributed by atoms with Gasteiger partial charge in [-0.1, -0.05) is 25.1 Å². The molecule has 0 amide bonds. The number of carbonyl (C=O) groups excluding carboxylic acids is 1. The maximum Gasteiger partial charge on any atom is 0.205 e. The molecule has 0 spiro atoms. The van der Waals surface area contributed by atoms with Gasteiger partial charge in [-0.05, 0) is 25.1 Å². The average Bonchev–Trinajstić information content (AvgIpc) is 3.10. The standard InChI is InChI=1S/C16H19NO3/c1-2-7-17-13-10-19-9-12(13)16(18)15-8-11-5-3-4-6-14(11)20-15/h3-6,8,12-13,17H,2,7,9-10H2,1H3. The zero-order valence-electron chi connectivity index (χ0n) is 11.6. The van der Waals surface area contributed by atoms with Crippen LogP contribution in [-0.4, -0.2) is 31.6 Å². The van der Waals surface area contributed by atoms with Crippen molar-refractivity contribution in [2.45, 2.75) is 19.4 Å². The lowest BCUT2D eigenvalue weighted by Gasteiger charge is -2.16. The number of carbonyl (C=O) groups is 1. The van der Waals surface area contributed by atoms with Crippen molar-refractivity contribution in [1.29, 1.82) is 0 Å². The van der Waals surface area contributed by atoms with Crippen molar-refractivity contribution < 1.29 is 13.9 Å². The zero-order chi connectivity index (χ0) is 13.9. The molecule has 1 aromatic carbocycles. The molecule has 1 fully saturated rings. The van der Waals surface area contributed by atoms with Crippen molar-refractivity contribution in [3.63, 3.8) is 0 Å². The number of benzene rings is 1. The van der Waals surface area contributed by atoms with Crippen LogP contribution in [0.15, 0.2) is 34.7 Å². The molecular weight excluding hydrogens is 254 g/mol. The first kappa shape index (κ1) is 13.3. The van der Waals surface area contributed by atoms with E-state index in [9.17, 15) is 4.79 Å². The van der Waals surface area contributed by atoms with Gasteiger partial charge in [0.1, 0.15) is 5.58 Å². The number of fused-ring (bicyclic) bond motifs is 1. The van der Waals surface area contributed by atoms with Crippen molar-refractivity contribution >= 4 is 16.8 Å². The van der Waals surface area contributed by atoms with E-state index in [2.05, 4.69) is 12.2 Å². The number of rotatable bonds is 5. The fourth-order valence-electron chi connectivity index (χ4n) is 2.63. The maximum absolute atomic E-state index is 12.6. The van der Waals surface area contributed by atoms with Gasteiger partial charge in [0.2, 0.25) is 5.78 Å². The third kappa shape index (κ3) is 2.49. The van der Waals surface area contributed by atoms with Gasteiger partial charge in [-0.25, -0.2) is 0 Å². The van der Waals surface area contributed by atoms with E-state index >= 15 is 0 Å². The lowest BCUT2D eigenvalue weighted by molar-refractivity contribution is 0.0865. The molecule has 20 heavy (non-hydrogen) atoms. The molecule has 1 aliphatic rings. The monoisotopic (exact) mass is 273 g/mol. The van der Waals surface area contributed by atoms with E-state index in [4.69, 9.17) is 9.15 Å². The number of para-hydroxylation sites is 1. The van der Waals surface area contributed by atoms with Crippen molar-refractivity contribution in [1.82, 2.24) is 5.32 Å². The summed E-state index contributed by atoms with van der Waals surface area (Å²) in [7, 11) is 0. The predicted molar refractivity (Wildman–Crippen MR) is 76.9 cm³/mol. The second kappa shape index (κ2) is 5.77. The Morgan fingerprint density at radius 1 is 1.35 bits per heavy atom. The molecule has 106 valence electrons. The highest BCUT2D eigenvalue weighted by atomic mass is 16.5. The molecule has 2 unspecified atom stereocenters. The van der Waals surface area contributed by atoms with Crippen LogP contribution in [0, 0.1) is 5.92 Å². The topological polar surface area (TPSA) is 51.5 Å². The van der Waals surface area contributed by atoms with Crippen LogP contribution in [0.1, 0.15) is 23.9 Å². The fraction of sp³-hybridized carbons (Fsp3) is 0.438. The van der Waals surface area contributed by atoms with E-state index in [1.165, 1.54) is 0 Å². The summed E-state index contributed by atoms with van der Waals surface area (Å²) in [5, 5.41) is 4.34. The van der Waals surface area contributed by atoms with Crippen LogP contribution in [0.25, 0.3) is 11.0 Å². The van der Waals surface area contributed by atoms with Crippen LogP contribution >= 0.6 is 0 Å². The van der Waals surface area contributed by atoms with Gasteiger partial charge in [0, 0.05) is 11.4 Å². The maximum atomic E-state index is 12.6. The number of ether oxygens (including phenoxy) is 1. The van der Waals surface area contributed by atoms with E-state index < -0.39 is 0 Å². The highest BCUT2D eigenvalue weighted by Gasteiger charge is 2.35. The number of hydrogen-bond donors (Lipinski definition) is 1. The minimum Gasteiger partial charge on any atom is -0.453 e. The minimum absolute atomic E-state index is 0.0345. The largest absolute Gasteiger partial charge is 0.453 e. The van der Waals surface area contributed by atoms with E-state index in [0.717, 1.165) is 23.9 Å². The molecule has 0 bridgehead atoms. The molecule has 2 atom stereocenters. The lowest BCUT2D eigenvalue weighted by atomic mass is 9.96. The average molecular weight is 273 g/mol. The summed E-state index contributed by atoms with van der Waals surface area (Å²) in [6.45, 7) is 4.07. The van der Waals surface area contributed by atoms with E-state index in [0.29, 0.717) is 19.0 Å². The summed E-state index contributed by atoms with van der Waals surface area (Å²) in [6.07, 6.45) is 1.04. The van der Waals surface area contributed by atoms with Gasteiger partial charge in [-0.3, -0.25) is 4.79 Å². The first-order valence-corrected chi connectivity index (χ1v) is 7.13. The summed E-state index contributed by atoms with van der Waals surface area (Å²) in [5.41, 5.74) is 0.757. The van der Waals surface area contributed by atoms with Crippen molar-refractivity contribution in [2.75, 3.05) is 19.8 Å². The molecule has 0 radical (unpaired) electrons. The Hall–Kier alpha value is -1.65. The quantitative estimate of drug-likeness (QED) is 0.851. The third-order valence-electron chi connectivity index (χ3n) is 3.74. The van der Waals surface area contributed by atoms with Crippen molar-refractivity contribution in [3.05, 3.63) is 36.1 Å². The molecule has 0 saturated carbocycles. The Labute approximate surface area is 118 Å². The first-order chi connectivity index (χ1) is 9.79. The zero-order valence-corrected chi connectivity index (χ0v) is 11.6. The minimum atomic E-state index is -0.151. The molecule has 3 rings (SSSR count). The smallest absolute Gasteiger partial charge is 0.205 e. The van der Waals surface area contributed by atoms with Gasteiger partial charge in [0.15, 0.2) is 5.76 Å². The highest BCUT2D eigenvalue weighted by Crippen LogP contribution is 2.24. The van der Waals surface area contributed by atoms with E-state index in [1.807, 2.05) is 30.3 Å². The molecule has 2 heterocycles. The van der Waals surface area contributed by atoms with Crippen molar-refractivity contribution in [2.24, 2.45) is 5.92 Å². The van der Waals surface area contributed by atoms with Gasteiger partial charge in [0.05, 0.1) is 19.1 Å². The molecule has 0 aliphatic carbocycles. The number of nitrogens with one attached hydrogen (secondary N) is 1. The number of hydrogen-bond acceptors (Lipinski definition) is 4. The number of furan rings is 1. The number of Topliss-reactive ketones (excluding diaryl/α,β-unsaturated/α-hetero) is 1. The lowest BCUT2D eigenvalue weighted by Crippen LogP contribution is -2.39. The summed E-state index contributed by atoms with van der Waals surface area (Å²) < 4.78 is 11.1. The van der Waals surface area contributed by atoms with Crippen molar-refractivity contribution in [3.8, 4) is 0 Å². The fourth-order valence-corrected chi connectivity index (χ4v) is 2.63. The van der Waals surface area contributed by atoms with Crippen LogP contribution < -0.4 is 5.32 Å². The second-order valence-corrected chi connectivity index (χ2v) is 5.22. The molecule has 1 aliphatic heterocycles. The third-order valence-corrected chi connectivity index (χ3v) is 3.74. The Morgan fingerprint density at radius 3 is 3.00 bits per heavy atom. The van der Waals surface area contributed by atoms with Crippen LogP contribution in [-0.2, 0) is 4.74 Å². The molecule has 2 aromatic rings. The van der Waals surface area contributed by atoms with Crippen LogP contribution in [0.3, 0.4) is 0 Å². The Kier molecular flexibility index (Phi) is 3.85. The van der Waals surface area contributed by atoms with Gasteiger partial charge in [-0.2, -0.15) is 0 Å². The van der Waals surface area contributed by atoms with Crippen LogP contribution in [0.5, 0.6) is 0 Å². The summed E-state index contributed by atoms with van der Waals surface area (Å²) in [5.74, 6) is 0.319. The summed E-state index contributed by atoms with van der Waals surface area (Å²) >= 11 is 0. The van der Waals surface area contributed by atoms with E-state index in [1.54, 1.807) is 0 Å². The highest BCUT2D eigenvalue weighted by molar-refractivity contribution is 5.99.